The third kappa shape index (κ3) is 2.60. The van der Waals surface area contributed by atoms with Gasteiger partial charge in [-0.1, -0.05) is 0 Å². The normalized spacial score (nSPS) is 22.9. The third-order valence-corrected chi connectivity index (χ3v) is 3.02. The van der Waals surface area contributed by atoms with E-state index >= 15 is 0 Å². The van der Waals surface area contributed by atoms with Gasteiger partial charge in [0.25, 0.3) is 0 Å². The van der Waals surface area contributed by atoms with Crippen molar-refractivity contribution in [2.45, 2.75) is 49.9 Å². The molecule has 1 unspecified atom stereocenters. The van der Waals surface area contributed by atoms with Crippen molar-refractivity contribution in [1.29, 1.82) is 0 Å². The lowest BCUT2D eigenvalue weighted by atomic mass is 9.73. The fourth-order valence-electron chi connectivity index (χ4n) is 1.83. The first-order valence-electron chi connectivity index (χ1n) is 4.77. The van der Waals surface area contributed by atoms with E-state index in [9.17, 15) is 13.2 Å². The number of methoxy groups -OCH3 is 1. The monoisotopic (exact) mass is 211 g/mol. The van der Waals surface area contributed by atoms with Crippen molar-refractivity contribution in [2.75, 3.05) is 7.11 Å². The third-order valence-electron chi connectivity index (χ3n) is 3.02. The molecular weight excluding hydrogens is 195 g/mol. The van der Waals surface area contributed by atoms with Gasteiger partial charge in [0.15, 0.2) is 0 Å². The van der Waals surface area contributed by atoms with Gasteiger partial charge in [-0.3, -0.25) is 0 Å². The standard InChI is InChI=1S/C9H16F3NO/c1-14-8(4-2-5-8)7(13)3-6-9(10,11)12/h7H,2-6,13H2,1H3. The molecule has 0 aromatic rings. The van der Waals surface area contributed by atoms with Crippen molar-refractivity contribution >= 4 is 0 Å². The zero-order valence-electron chi connectivity index (χ0n) is 8.23. The molecular formula is C9H16F3NO. The number of ether oxygens (including phenoxy) is 1. The van der Waals surface area contributed by atoms with Crippen molar-refractivity contribution in [3.8, 4) is 0 Å². The fourth-order valence-corrected chi connectivity index (χ4v) is 1.83. The lowest BCUT2D eigenvalue weighted by Gasteiger charge is -2.45. The number of nitrogens with two attached hydrogens (primary N) is 1. The predicted molar refractivity (Wildman–Crippen MR) is 46.9 cm³/mol. The Morgan fingerprint density at radius 2 is 2.00 bits per heavy atom. The van der Waals surface area contributed by atoms with Crippen LogP contribution in [-0.2, 0) is 4.74 Å². The molecule has 1 fully saturated rings. The Morgan fingerprint density at radius 1 is 1.43 bits per heavy atom. The second-order valence-corrected chi connectivity index (χ2v) is 3.88. The summed E-state index contributed by atoms with van der Waals surface area (Å²) in [7, 11) is 1.52. The maximum atomic E-state index is 11.9. The van der Waals surface area contributed by atoms with Crippen LogP contribution in [0.5, 0.6) is 0 Å². The van der Waals surface area contributed by atoms with E-state index < -0.39 is 24.2 Å². The van der Waals surface area contributed by atoms with Crippen molar-refractivity contribution in [3.63, 3.8) is 0 Å². The minimum atomic E-state index is -4.11. The molecule has 0 aromatic heterocycles. The summed E-state index contributed by atoms with van der Waals surface area (Å²) in [6.07, 6.45) is -2.43. The van der Waals surface area contributed by atoms with E-state index in [1.165, 1.54) is 7.11 Å². The molecule has 1 saturated carbocycles. The zero-order valence-corrected chi connectivity index (χ0v) is 8.23. The molecule has 14 heavy (non-hydrogen) atoms. The molecule has 0 spiro atoms. The molecule has 5 heteroatoms. The highest BCUT2D eigenvalue weighted by atomic mass is 19.4. The summed E-state index contributed by atoms with van der Waals surface area (Å²) in [4.78, 5) is 0. The highest BCUT2D eigenvalue weighted by molar-refractivity contribution is 4.98. The van der Waals surface area contributed by atoms with Gasteiger partial charge < -0.3 is 10.5 Å². The number of hydrogen-bond acceptors (Lipinski definition) is 2. The molecule has 84 valence electrons. The Hall–Kier alpha value is -0.290. The first-order chi connectivity index (χ1) is 6.40. The van der Waals surface area contributed by atoms with Crippen LogP contribution in [0.4, 0.5) is 13.2 Å². The Balaban J connectivity index is 2.37. The predicted octanol–water partition coefficient (Wildman–Crippen LogP) is 2.23. The Bertz CT molecular complexity index is 183. The largest absolute Gasteiger partial charge is 0.389 e. The molecule has 1 atom stereocenters. The van der Waals surface area contributed by atoms with Gasteiger partial charge >= 0.3 is 6.18 Å². The van der Waals surface area contributed by atoms with Gasteiger partial charge in [0.05, 0.1) is 5.60 Å². The molecule has 0 aromatic carbocycles. The number of halogens is 3. The van der Waals surface area contributed by atoms with Crippen molar-refractivity contribution in [1.82, 2.24) is 0 Å². The first-order valence-corrected chi connectivity index (χ1v) is 4.77. The van der Waals surface area contributed by atoms with Crippen LogP contribution in [0.15, 0.2) is 0 Å². The molecule has 0 radical (unpaired) electrons. The molecule has 0 amide bonds. The van der Waals surface area contributed by atoms with Gasteiger partial charge in [-0.2, -0.15) is 13.2 Å². The van der Waals surface area contributed by atoms with Gasteiger partial charge in [-0.25, -0.2) is 0 Å². The van der Waals surface area contributed by atoms with Crippen LogP contribution < -0.4 is 5.73 Å². The highest BCUT2D eigenvalue weighted by Crippen LogP contribution is 2.39. The van der Waals surface area contributed by atoms with Crippen LogP contribution in [-0.4, -0.2) is 24.9 Å². The van der Waals surface area contributed by atoms with Crippen molar-refractivity contribution in [2.24, 2.45) is 5.73 Å². The van der Waals surface area contributed by atoms with Crippen LogP contribution in [0.25, 0.3) is 0 Å². The lowest BCUT2D eigenvalue weighted by molar-refractivity contribution is -0.145. The SMILES string of the molecule is COC1(C(N)CCC(F)(F)F)CCC1. The molecule has 0 bridgehead atoms. The second kappa shape index (κ2) is 4.06. The zero-order chi connectivity index (χ0) is 10.8. The smallest absolute Gasteiger partial charge is 0.377 e. The Kier molecular flexibility index (Phi) is 3.42. The summed E-state index contributed by atoms with van der Waals surface area (Å²) in [6, 6.07) is -0.497. The average Bonchev–Trinajstić information content (AvgIpc) is 1.98. The quantitative estimate of drug-likeness (QED) is 0.773. The first kappa shape index (κ1) is 11.8. The van der Waals surface area contributed by atoms with Gasteiger partial charge in [0.2, 0.25) is 0 Å². The van der Waals surface area contributed by atoms with E-state index in [0.29, 0.717) is 0 Å². The molecule has 0 heterocycles. The number of alkyl halides is 3. The summed E-state index contributed by atoms with van der Waals surface area (Å²) in [5, 5.41) is 0. The molecule has 2 N–H and O–H groups in total. The molecule has 1 rings (SSSR count). The van der Waals surface area contributed by atoms with E-state index in [4.69, 9.17) is 10.5 Å². The maximum absolute atomic E-state index is 11.9. The van der Waals surface area contributed by atoms with Crippen LogP contribution in [0, 0.1) is 0 Å². The van der Waals surface area contributed by atoms with E-state index in [0.717, 1.165) is 19.3 Å². The van der Waals surface area contributed by atoms with E-state index in [1.54, 1.807) is 0 Å². The van der Waals surface area contributed by atoms with Gasteiger partial charge in [0.1, 0.15) is 0 Å². The minimum absolute atomic E-state index is 0.0443. The van der Waals surface area contributed by atoms with Crippen LogP contribution >= 0.6 is 0 Å². The van der Waals surface area contributed by atoms with Crippen molar-refractivity contribution < 1.29 is 17.9 Å². The summed E-state index contributed by atoms with van der Waals surface area (Å²) in [5.41, 5.74) is 5.23. The molecule has 0 saturated heterocycles. The Labute approximate surface area is 81.6 Å². The maximum Gasteiger partial charge on any atom is 0.389 e. The molecule has 1 aliphatic rings. The van der Waals surface area contributed by atoms with E-state index in [1.807, 2.05) is 0 Å². The average molecular weight is 211 g/mol. The van der Waals surface area contributed by atoms with Crippen LogP contribution in [0.1, 0.15) is 32.1 Å². The highest BCUT2D eigenvalue weighted by Gasteiger charge is 2.43. The Morgan fingerprint density at radius 3 is 2.29 bits per heavy atom. The van der Waals surface area contributed by atoms with E-state index in [2.05, 4.69) is 0 Å². The molecule has 0 aliphatic heterocycles. The molecule has 2 nitrogen and oxygen atoms in total. The van der Waals surface area contributed by atoms with Crippen molar-refractivity contribution in [3.05, 3.63) is 0 Å². The fraction of sp³-hybridized carbons (Fsp3) is 1.00. The molecule has 1 aliphatic carbocycles. The topological polar surface area (TPSA) is 35.2 Å². The second-order valence-electron chi connectivity index (χ2n) is 3.88. The van der Waals surface area contributed by atoms with Crippen LogP contribution in [0.3, 0.4) is 0 Å². The summed E-state index contributed by atoms with van der Waals surface area (Å²) >= 11 is 0. The van der Waals surface area contributed by atoms with E-state index in [-0.39, 0.29) is 6.42 Å². The lowest BCUT2D eigenvalue weighted by Crippen LogP contribution is -2.54. The van der Waals surface area contributed by atoms with Gasteiger partial charge in [-0.15, -0.1) is 0 Å². The number of hydrogen-bond donors (Lipinski definition) is 1. The summed E-state index contributed by atoms with van der Waals surface area (Å²) in [6.45, 7) is 0. The van der Waals surface area contributed by atoms with Gasteiger partial charge in [0, 0.05) is 19.6 Å². The van der Waals surface area contributed by atoms with Crippen LogP contribution in [0.2, 0.25) is 0 Å². The van der Waals surface area contributed by atoms with Gasteiger partial charge in [-0.05, 0) is 25.7 Å². The minimum Gasteiger partial charge on any atom is -0.377 e. The summed E-state index contributed by atoms with van der Waals surface area (Å²) < 4.78 is 41.0. The summed E-state index contributed by atoms with van der Waals surface area (Å²) in [5.74, 6) is 0. The number of rotatable bonds is 4.